The Labute approximate surface area is 221 Å². The Morgan fingerprint density at radius 1 is 1.18 bits per heavy atom. The molecule has 1 N–H and O–H groups in total. The zero-order valence-corrected chi connectivity index (χ0v) is 22.0. The van der Waals surface area contributed by atoms with Crippen LogP contribution in [0, 0.1) is 25.5 Å². The Bertz CT molecular complexity index is 1540. The molecule has 9 nitrogen and oxygen atoms in total. The van der Waals surface area contributed by atoms with Crippen LogP contribution in [-0.4, -0.2) is 69.4 Å². The van der Waals surface area contributed by atoms with Crippen LogP contribution in [0.1, 0.15) is 23.5 Å². The molecular weight excluding hydrogens is 514 g/mol. The monoisotopic (exact) mass is 542 g/mol. The lowest BCUT2D eigenvalue weighted by molar-refractivity contribution is -0.120. The van der Waals surface area contributed by atoms with E-state index in [0.717, 1.165) is 57.5 Å². The van der Waals surface area contributed by atoms with Gasteiger partial charge >= 0.3 is 0 Å². The number of fused-ring (bicyclic) bond motifs is 1. The van der Waals surface area contributed by atoms with E-state index in [1.165, 1.54) is 20.4 Å². The molecule has 38 heavy (non-hydrogen) atoms. The highest BCUT2D eigenvalue weighted by Crippen LogP contribution is 2.24. The predicted octanol–water partition coefficient (Wildman–Crippen LogP) is 2.88. The number of nitrogens with one attached hydrogen (secondary N) is 1. The van der Waals surface area contributed by atoms with Crippen LogP contribution in [0.15, 0.2) is 34.4 Å². The molecule has 1 fully saturated rings. The summed E-state index contributed by atoms with van der Waals surface area (Å²) >= 11 is 1.28. The topological polar surface area (TPSA) is 93.8 Å². The Kier molecular flexibility index (Phi) is 7.63. The summed E-state index contributed by atoms with van der Waals surface area (Å²) in [5.41, 5.74) is 1.62. The molecule has 1 aliphatic heterocycles. The van der Waals surface area contributed by atoms with Gasteiger partial charge in [-0.15, -0.1) is 11.3 Å². The highest BCUT2D eigenvalue weighted by atomic mass is 32.1. The molecule has 1 saturated heterocycles. The summed E-state index contributed by atoms with van der Waals surface area (Å²) in [6.45, 7) is 8.12. The van der Waals surface area contributed by atoms with Gasteiger partial charge in [-0.25, -0.2) is 18.4 Å². The molecule has 3 aromatic heterocycles. The molecule has 4 heterocycles. The van der Waals surface area contributed by atoms with Crippen molar-refractivity contribution >= 4 is 22.2 Å². The van der Waals surface area contributed by atoms with Crippen molar-refractivity contribution in [3.63, 3.8) is 0 Å². The zero-order valence-electron chi connectivity index (χ0n) is 21.2. The first-order valence-electron chi connectivity index (χ1n) is 12.4. The van der Waals surface area contributed by atoms with Gasteiger partial charge in [0.1, 0.15) is 23.0 Å². The fourth-order valence-electron chi connectivity index (χ4n) is 4.60. The summed E-state index contributed by atoms with van der Waals surface area (Å²) in [5.74, 6) is -1.41. The molecule has 0 spiro atoms. The smallest absolute Gasteiger partial charge is 0.268 e. The zero-order chi connectivity index (χ0) is 26.8. The van der Waals surface area contributed by atoms with Crippen LogP contribution in [0.2, 0.25) is 0 Å². The third-order valence-corrected chi connectivity index (χ3v) is 7.39. The number of carbonyl (C=O) groups is 1. The van der Waals surface area contributed by atoms with Gasteiger partial charge in [0.2, 0.25) is 5.91 Å². The molecular formula is C26H28F2N6O3S. The van der Waals surface area contributed by atoms with Crippen molar-refractivity contribution in [2.45, 2.75) is 26.7 Å². The lowest BCUT2D eigenvalue weighted by Crippen LogP contribution is -2.38. The van der Waals surface area contributed by atoms with Gasteiger partial charge < -0.3 is 10.1 Å². The maximum absolute atomic E-state index is 14.4. The number of morpholine rings is 1. The van der Waals surface area contributed by atoms with E-state index in [0.29, 0.717) is 34.3 Å². The van der Waals surface area contributed by atoms with Gasteiger partial charge in [0.15, 0.2) is 4.96 Å². The van der Waals surface area contributed by atoms with Gasteiger partial charge in [0.25, 0.3) is 5.56 Å². The first-order chi connectivity index (χ1) is 18.3. The van der Waals surface area contributed by atoms with Gasteiger partial charge in [-0.2, -0.15) is 5.10 Å². The number of ether oxygens (including phenoxy) is 1. The summed E-state index contributed by atoms with van der Waals surface area (Å²) in [4.78, 5) is 33.6. The predicted molar refractivity (Wildman–Crippen MR) is 140 cm³/mol. The second-order valence-electron chi connectivity index (χ2n) is 9.24. The molecule has 1 aliphatic rings. The number of nitrogens with zero attached hydrogens (tertiary/aromatic N) is 5. The minimum absolute atomic E-state index is 0.0314. The van der Waals surface area contributed by atoms with Crippen molar-refractivity contribution in [2.24, 2.45) is 0 Å². The van der Waals surface area contributed by atoms with Crippen LogP contribution in [0.25, 0.3) is 21.9 Å². The fraction of sp³-hybridized carbons (Fsp3) is 0.385. The second-order valence-corrected chi connectivity index (χ2v) is 10.1. The largest absolute Gasteiger partial charge is 0.379 e. The van der Waals surface area contributed by atoms with Gasteiger partial charge in [0.05, 0.1) is 30.9 Å². The van der Waals surface area contributed by atoms with E-state index in [1.54, 1.807) is 25.3 Å². The van der Waals surface area contributed by atoms with E-state index in [1.807, 2.05) is 0 Å². The summed E-state index contributed by atoms with van der Waals surface area (Å²) in [6, 6.07) is 4.75. The molecule has 200 valence electrons. The molecule has 0 saturated carbocycles. The van der Waals surface area contributed by atoms with Crippen LogP contribution in [-0.2, 0) is 16.0 Å². The Hall–Kier alpha value is -3.48. The Morgan fingerprint density at radius 2 is 1.97 bits per heavy atom. The highest BCUT2D eigenvalue weighted by Gasteiger charge is 2.21. The van der Waals surface area contributed by atoms with Crippen LogP contribution >= 0.6 is 11.3 Å². The quantitative estimate of drug-likeness (QED) is 0.344. The van der Waals surface area contributed by atoms with Crippen molar-refractivity contribution in [1.82, 2.24) is 29.4 Å². The van der Waals surface area contributed by atoms with Gasteiger partial charge in [-0.05, 0) is 45.0 Å². The van der Waals surface area contributed by atoms with Crippen LogP contribution in [0.4, 0.5) is 8.78 Å². The van der Waals surface area contributed by atoms with Crippen molar-refractivity contribution < 1.29 is 18.3 Å². The first kappa shape index (κ1) is 26.1. The lowest BCUT2D eigenvalue weighted by Gasteiger charge is -2.26. The Morgan fingerprint density at radius 3 is 2.76 bits per heavy atom. The number of rotatable bonds is 8. The molecule has 4 aromatic rings. The van der Waals surface area contributed by atoms with E-state index in [2.05, 4.69) is 20.3 Å². The number of carbonyl (C=O) groups excluding carboxylic acids is 1. The summed E-state index contributed by atoms with van der Waals surface area (Å²) < 4.78 is 36.2. The van der Waals surface area contributed by atoms with Crippen molar-refractivity contribution in [3.05, 3.63) is 68.7 Å². The fourth-order valence-corrected chi connectivity index (χ4v) is 5.52. The average molecular weight is 543 g/mol. The molecule has 5 rings (SSSR count). The van der Waals surface area contributed by atoms with Crippen molar-refractivity contribution in [2.75, 3.05) is 39.4 Å². The minimum Gasteiger partial charge on any atom is -0.379 e. The lowest BCUT2D eigenvalue weighted by atomic mass is 10.1. The number of amides is 1. The number of hydrogen-bond donors (Lipinski definition) is 1. The molecule has 12 heteroatoms. The number of thiazole rings is 1. The van der Waals surface area contributed by atoms with Gasteiger partial charge in [0, 0.05) is 42.5 Å². The summed E-state index contributed by atoms with van der Waals surface area (Å²) in [5, 5.41) is 9.10. The number of hydrogen-bond acceptors (Lipinski definition) is 7. The van der Waals surface area contributed by atoms with Gasteiger partial charge in [-0.1, -0.05) is 0 Å². The SMILES string of the molecule is Cc1nc2scc(CC(=O)NCCCN3CCOCC3)n2c(=O)c1-c1cc(C)n(-c2cc(F)ccc2F)n1. The third-order valence-electron chi connectivity index (χ3n) is 6.52. The van der Waals surface area contributed by atoms with Crippen molar-refractivity contribution in [3.8, 4) is 16.9 Å². The highest BCUT2D eigenvalue weighted by molar-refractivity contribution is 7.15. The van der Waals surface area contributed by atoms with E-state index in [4.69, 9.17) is 4.74 Å². The van der Waals surface area contributed by atoms with Crippen LogP contribution < -0.4 is 10.9 Å². The number of aryl methyl sites for hydroxylation is 2. The Balaban J connectivity index is 1.36. The second kappa shape index (κ2) is 11.1. The molecule has 0 atom stereocenters. The average Bonchev–Trinajstić information content (AvgIpc) is 3.47. The number of halogens is 2. The first-order valence-corrected chi connectivity index (χ1v) is 13.3. The van der Waals surface area contributed by atoms with Crippen molar-refractivity contribution in [1.29, 1.82) is 0 Å². The molecule has 0 radical (unpaired) electrons. The van der Waals surface area contributed by atoms with Crippen LogP contribution in [0.5, 0.6) is 0 Å². The standard InChI is InChI=1S/C26H28F2N6O3S/c1-16-12-21(31-34(16)22-13-18(27)4-5-20(22)28)24-17(2)30-26-33(25(24)36)19(15-38-26)14-23(35)29-6-3-7-32-8-10-37-11-9-32/h4-5,12-13,15H,3,6-11,14H2,1-2H3,(H,29,35). The van der Waals surface area contributed by atoms with E-state index < -0.39 is 11.6 Å². The summed E-state index contributed by atoms with van der Waals surface area (Å²) in [7, 11) is 0. The summed E-state index contributed by atoms with van der Waals surface area (Å²) in [6.07, 6.45) is 0.860. The van der Waals surface area contributed by atoms with E-state index >= 15 is 0 Å². The normalized spacial score (nSPS) is 14.3. The molecule has 0 bridgehead atoms. The maximum Gasteiger partial charge on any atom is 0.268 e. The number of benzene rings is 1. The number of aromatic nitrogens is 4. The van der Waals surface area contributed by atoms with E-state index in [9.17, 15) is 18.4 Å². The molecule has 0 unspecified atom stereocenters. The molecule has 1 amide bonds. The molecule has 1 aromatic carbocycles. The maximum atomic E-state index is 14.4. The van der Waals surface area contributed by atoms with Crippen LogP contribution in [0.3, 0.4) is 0 Å². The molecule has 0 aliphatic carbocycles. The van der Waals surface area contributed by atoms with Gasteiger partial charge in [-0.3, -0.25) is 18.9 Å². The van der Waals surface area contributed by atoms with E-state index in [-0.39, 0.29) is 29.1 Å². The third kappa shape index (κ3) is 5.38. The minimum atomic E-state index is -0.637.